The summed E-state index contributed by atoms with van der Waals surface area (Å²) < 4.78 is 14.7. The number of nitrogens with zero attached hydrogens (tertiary/aromatic N) is 2. The van der Waals surface area contributed by atoms with Crippen LogP contribution in [0.2, 0.25) is 0 Å². The molecule has 1 aliphatic rings. The number of benzene rings is 1. The van der Waals surface area contributed by atoms with Crippen LogP contribution in [0, 0.1) is 0 Å². The van der Waals surface area contributed by atoms with E-state index in [1.807, 2.05) is 12.3 Å². The molecule has 0 fully saturated rings. The lowest BCUT2D eigenvalue weighted by Gasteiger charge is -2.09. The molecule has 0 saturated carbocycles. The first-order valence-electron chi connectivity index (χ1n) is 6.33. The van der Waals surface area contributed by atoms with E-state index in [9.17, 15) is 9.18 Å². The molecule has 0 bridgehead atoms. The molecular formula is C15H13FN2O2. The number of carboxylic acids is 1. The van der Waals surface area contributed by atoms with Crippen molar-refractivity contribution in [1.82, 2.24) is 9.78 Å². The molecule has 0 amide bonds. The molecule has 102 valence electrons. The van der Waals surface area contributed by atoms with Crippen LogP contribution in [0.15, 0.2) is 48.2 Å². The summed E-state index contributed by atoms with van der Waals surface area (Å²) in [5.41, 5.74) is 1.87. The second kappa shape index (κ2) is 4.92. The third-order valence-corrected chi connectivity index (χ3v) is 3.27. The van der Waals surface area contributed by atoms with E-state index in [-0.39, 0.29) is 5.56 Å². The number of hydrogen-bond donors (Lipinski definition) is 1. The van der Waals surface area contributed by atoms with E-state index < -0.39 is 12.1 Å². The van der Waals surface area contributed by atoms with Gasteiger partial charge < -0.3 is 5.11 Å². The van der Waals surface area contributed by atoms with Gasteiger partial charge in [-0.1, -0.05) is 24.3 Å². The Hall–Kier alpha value is -2.43. The van der Waals surface area contributed by atoms with E-state index >= 15 is 0 Å². The van der Waals surface area contributed by atoms with Crippen LogP contribution in [-0.4, -0.2) is 27.0 Å². The van der Waals surface area contributed by atoms with Crippen LogP contribution in [0.25, 0.3) is 10.9 Å². The number of allylic oxidation sites excluding steroid dienone is 4. The van der Waals surface area contributed by atoms with Gasteiger partial charge in [0.15, 0.2) is 0 Å². The molecule has 1 aromatic carbocycles. The third kappa shape index (κ3) is 2.47. The smallest absolute Gasteiger partial charge is 0.335 e. The molecule has 5 heteroatoms. The summed E-state index contributed by atoms with van der Waals surface area (Å²) in [6, 6.07) is 4.85. The lowest BCUT2D eigenvalue weighted by atomic mass is 10.1. The maximum absolute atomic E-state index is 13.0. The summed E-state index contributed by atoms with van der Waals surface area (Å²) >= 11 is 0. The quantitative estimate of drug-likeness (QED) is 0.934. The monoisotopic (exact) mass is 272 g/mol. The molecule has 20 heavy (non-hydrogen) atoms. The number of hydrogen-bond acceptors (Lipinski definition) is 2. The molecule has 0 radical (unpaired) electrons. The van der Waals surface area contributed by atoms with Crippen molar-refractivity contribution in [2.24, 2.45) is 0 Å². The Morgan fingerprint density at radius 3 is 3.05 bits per heavy atom. The molecule has 1 aliphatic carbocycles. The molecule has 4 nitrogen and oxygen atoms in total. The second-order valence-corrected chi connectivity index (χ2v) is 4.80. The van der Waals surface area contributed by atoms with Crippen LogP contribution in [0.4, 0.5) is 4.39 Å². The van der Waals surface area contributed by atoms with Crippen LogP contribution < -0.4 is 0 Å². The average Bonchev–Trinajstić information content (AvgIpc) is 2.82. The van der Waals surface area contributed by atoms with Gasteiger partial charge >= 0.3 is 5.97 Å². The fourth-order valence-electron chi connectivity index (χ4n) is 2.22. The Bertz CT molecular complexity index is 731. The predicted octanol–water partition coefficient (Wildman–Crippen LogP) is 2.96. The Morgan fingerprint density at radius 2 is 2.35 bits per heavy atom. The fourth-order valence-corrected chi connectivity index (χ4v) is 2.22. The lowest BCUT2D eigenvalue weighted by Crippen LogP contribution is -2.05. The lowest BCUT2D eigenvalue weighted by molar-refractivity contribution is 0.0697. The van der Waals surface area contributed by atoms with Gasteiger partial charge in [-0.15, -0.1) is 0 Å². The molecule has 1 unspecified atom stereocenters. The molecule has 1 aromatic heterocycles. The first kappa shape index (κ1) is 12.6. The molecule has 1 heterocycles. The van der Waals surface area contributed by atoms with Crippen molar-refractivity contribution >= 4 is 16.9 Å². The summed E-state index contributed by atoms with van der Waals surface area (Å²) in [7, 11) is 0. The Morgan fingerprint density at radius 1 is 1.50 bits per heavy atom. The highest BCUT2D eigenvalue weighted by atomic mass is 19.1. The molecule has 0 spiro atoms. The molecule has 1 N–H and O–H groups in total. The maximum Gasteiger partial charge on any atom is 0.335 e. The number of fused-ring (bicyclic) bond motifs is 1. The minimum absolute atomic E-state index is 0.222. The van der Waals surface area contributed by atoms with Crippen LogP contribution in [0.3, 0.4) is 0 Å². The number of carbonyl (C=O) groups is 1. The van der Waals surface area contributed by atoms with Gasteiger partial charge in [0.25, 0.3) is 0 Å². The number of alkyl halides is 1. The minimum Gasteiger partial charge on any atom is -0.478 e. The fraction of sp³-hybridized carbons (Fsp3) is 0.200. The number of rotatable bonds is 3. The molecule has 0 saturated heterocycles. The van der Waals surface area contributed by atoms with Crippen molar-refractivity contribution in [3.63, 3.8) is 0 Å². The average molecular weight is 272 g/mol. The number of halogens is 1. The standard InChI is InChI=1S/C15H13FN2O2/c16-13-5-1-10(2-6-13)8-18-9-12-4-3-11(15(19)20)7-14(12)17-18/h1-5,7,9,13H,6,8H2,(H,19,20). The summed E-state index contributed by atoms with van der Waals surface area (Å²) in [5.74, 6) is -0.964. The summed E-state index contributed by atoms with van der Waals surface area (Å²) in [6.45, 7) is 0.556. The zero-order chi connectivity index (χ0) is 14.1. The number of aromatic carboxylic acids is 1. The van der Waals surface area contributed by atoms with Crippen molar-refractivity contribution in [3.05, 3.63) is 53.8 Å². The Balaban J connectivity index is 1.86. The molecule has 1 atom stereocenters. The highest BCUT2D eigenvalue weighted by Gasteiger charge is 2.09. The van der Waals surface area contributed by atoms with Crippen LogP contribution in [0.1, 0.15) is 16.8 Å². The highest BCUT2D eigenvalue weighted by molar-refractivity contribution is 5.92. The van der Waals surface area contributed by atoms with E-state index in [1.54, 1.807) is 35.0 Å². The zero-order valence-corrected chi connectivity index (χ0v) is 10.7. The van der Waals surface area contributed by atoms with Gasteiger partial charge in [0, 0.05) is 18.0 Å². The Kier molecular flexibility index (Phi) is 3.10. The van der Waals surface area contributed by atoms with Crippen molar-refractivity contribution in [3.8, 4) is 0 Å². The van der Waals surface area contributed by atoms with Crippen molar-refractivity contribution < 1.29 is 14.3 Å². The number of aromatic nitrogens is 2. The van der Waals surface area contributed by atoms with E-state index in [4.69, 9.17) is 5.11 Å². The van der Waals surface area contributed by atoms with Gasteiger partial charge in [-0.2, -0.15) is 5.10 Å². The van der Waals surface area contributed by atoms with E-state index in [2.05, 4.69) is 5.10 Å². The van der Waals surface area contributed by atoms with Gasteiger partial charge in [0.05, 0.1) is 17.6 Å². The largest absolute Gasteiger partial charge is 0.478 e. The second-order valence-electron chi connectivity index (χ2n) is 4.80. The highest BCUT2D eigenvalue weighted by Crippen LogP contribution is 2.18. The maximum atomic E-state index is 13.0. The van der Waals surface area contributed by atoms with Gasteiger partial charge in [-0.3, -0.25) is 4.68 Å². The van der Waals surface area contributed by atoms with Gasteiger partial charge in [-0.05, 0) is 17.7 Å². The molecule has 0 aliphatic heterocycles. The first-order chi connectivity index (χ1) is 9.61. The van der Waals surface area contributed by atoms with Gasteiger partial charge in [0.1, 0.15) is 6.17 Å². The minimum atomic E-state index is -0.964. The van der Waals surface area contributed by atoms with Crippen LogP contribution >= 0.6 is 0 Å². The van der Waals surface area contributed by atoms with E-state index in [1.165, 1.54) is 0 Å². The summed E-state index contributed by atoms with van der Waals surface area (Å²) in [4.78, 5) is 10.9. The molecular weight excluding hydrogens is 259 g/mol. The van der Waals surface area contributed by atoms with Crippen LogP contribution in [0.5, 0.6) is 0 Å². The SMILES string of the molecule is O=C(O)c1ccc2cn(CC3=CCC(F)C=C3)nc2c1. The first-order valence-corrected chi connectivity index (χ1v) is 6.33. The summed E-state index contributed by atoms with van der Waals surface area (Å²) in [5, 5.41) is 14.2. The van der Waals surface area contributed by atoms with Gasteiger partial charge in [-0.25, -0.2) is 9.18 Å². The van der Waals surface area contributed by atoms with Crippen LogP contribution in [-0.2, 0) is 6.54 Å². The van der Waals surface area contributed by atoms with Crippen molar-refractivity contribution in [2.45, 2.75) is 19.1 Å². The molecule has 2 aromatic rings. The predicted molar refractivity (Wildman–Crippen MR) is 73.4 cm³/mol. The van der Waals surface area contributed by atoms with E-state index in [0.717, 1.165) is 11.0 Å². The van der Waals surface area contributed by atoms with Crippen molar-refractivity contribution in [2.75, 3.05) is 0 Å². The molecule has 3 rings (SSSR count). The topological polar surface area (TPSA) is 55.1 Å². The summed E-state index contributed by atoms with van der Waals surface area (Å²) in [6.07, 6.45) is 6.53. The van der Waals surface area contributed by atoms with Gasteiger partial charge in [0.2, 0.25) is 0 Å². The third-order valence-electron chi connectivity index (χ3n) is 3.27. The normalized spacial score (nSPS) is 18.2. The number of carboxylic acid groups (broad SMARTS) is 1. The van der Waals surface area contributed by atoms with Crippen molar-refractivity contribution in [1.29, 1.82) is 0 Å². The zero-order valence-electron chi connectivity index (χ0n) is 10.7. The van der Waals surface area contributed by atoms with E-state index in [0.29, 0.717) is 18.5 Å². The Labute approximate surface area is 114 Å².